The predicted molar refractivity (Wildman–Crippen MR) is 140 cm³/mol. The van der Waals surface area contributed by atoms with Crippen molar-refractivity contribution < 1.29 is 0 Å². The zero-order chi connectivity index (χ0) is 23.6. The Bertz CT molecular complexity index is 322. The van der Waals surface area contributed by atoms with Crippen LogP contribution < -0.4 is 0 Å². The van der Waals surface area contributed by atoms with Gasteiger partial charge in [-0.25, -0.2) is 0 Å². The van der Waals surface area contributed by atoms with E-state index in [-0.39, 0.29) is 0 Å². The summed E-state index contributed by atoms with van der Waals surface area (Å²) in [4.78, 5) is 0. The highest BCUT2D eigenvalue weighted by molar-refractivity contribution is 5.12. The number of hydrogen-bond donors (Lipinski definition) is 0. The Morgan fingerprint density at radius 3 is 0.607 bits per heavy atom. The van der Waals surface area contributed by atoms with E-state index in [2.05, 4.69) is 65.8 Å². The Hall–Kier alpha value is -1.56. The van der Waals surface area contributed by atoms with Crippen molar-refractivity contribution in [2.75, 3.05) is 0 Å². The number of hydrogen-bond acceptors (Lipinski definition) is 0. The molecule has 0 amide bonds. The first-order valence-electron chi connectivity index (χ1n) is 11.6. The van der Waals surface area contributed by atoms with Crippen LogP contribution in [0.5, 0.6) is 0 Å². The SMILES string of the molecule is CC.CC.CC.CC.CCC.CCC.Cc1ccccc1.Cc1ccccc1. The van der Waals surface area contributed by atoms with Crippen molar-refractivity contribution in [3.05, 3.63) is 71.8 Å². The third kappa shape index (κ3) is 64.4. The van der Waals surface area contributed by atoms with Gasteiger partial charge in [0.05, 0.1) is 0 Å². The van der Waals surface area contributed by atoms with Gasteiger partial charge in [-0.3, -0.25) is 0 Å². The number of rotatable bonds is 0. The van der Waals surface area contributed by atoms with Crippen LogP contribution in [0.1, 0.15) is 107 Å². The second-order valence-corrected chi connectivity index (χ2v) is 4.72. The van der Waals surface area contributed by atoms with Crippen LogP contribution in [0.15, 0.2) is 60.7 Å². The lowest BCUT2D eigenvalue weighted by Crippen LogP contribution is -1.62. The van der Waals surface area contributed by atoms with Crippen molar-refractivity contribution in [1.29, 1.82) is 0 Å². The summed E-state index contributed by atoms with van der Waals surface area (Å²) in [5.74, 6) is 0. The Labute approximate surface area is 181 Å². The van der Waals surface area contributed by atoms with E-state index in [4.69, 9.17) is 0 Å². The first-order chi connectivity index (χ1) is 13.6. The van der Waals surface area contributed by atoms with Gasteiger partial charge in [-0.2, -0.15) is 0 Å². The molecule has 2 aromatic carbocycles. The molecule has 168 valence electrons. The molecule has 0 bridgehead atoms. The van der Waals surface area contributed by atoms with E-state index >= 15 is 0 Å². The summed E-state index contributed by atoms with van der Waals surface area (Å²) >= 11 is 0. The second kappa shape index (κ2) is 56.2. The van der Waals surface area contributed by atoms with Gasteiger partial charge < -0.3 is 0 Å². The Morgan fingerprint density at radius 2 is 0.536 bits per heavy atom. The zero-order valence-corrected chi connectivity index (χ0v) is 22.2. The van der Waals surface area contributed by atoms with Crippen LogP contribution in [0.4, 0.5) is 0 Å². The fourth-order valence-electron chi connectivity index (χ4n) is 1.07. The van der Waals surface area contributed by atoms with Gasteiger partial charge in [0, 0.05) is 0 Å². The predicted octanol–water partition coefficient (Wildman–Crippen LogP) is 10.9. The van der Waals surface area contributed by atoms with Gasteiger partial charge >= 0.3 is 0 Å². The van der Waals surface area contributed by atoms with Crippen molar-refractivity contribution >= 4 is 0 Å². The first kappa shape index (κ1) is 41.0. The van der Waals surface area contributed by atoms with Crippen molar-refractivity contribution in [1.82, 2.24) is 0 Å². The smallest absolute Gasteiger partial charge is 0.0398 e. The van der Waals surface area contributed by atoms with Crippen molar-refractivity contribution in [3.63, 3.8) is 0 Å². The van der Waals surface area contributed by atoms with Crippen LogP contribution in [0.3, 0.4) is 0 Å². The van der Waals surface area contributed by atoms with E-state index in [1.807, 2.05) is 91.8 Å². The standard InChI is InChI=1S/2C7H8.2C3H8.4C2H6/c2*1-7-5-3-2-4-6-7;2*1-3-2;4*1-2/h2*2-6H,1H3;2*3H2,1-2H3;4*1-2H3. The van der Waals surface area contributed by atoms with Gasteiger partial charge in [0.2, 0.25) is 0 Å². The molecule has 0 fully saturated rings. The van der Waals surface area contributed by atoms with E-state index in [0.717, 1.165) is 0 Å². The third-order valence-corrected chi connectivity index (χ3v) is 1.88. The minimum absolute atomic E-state index is 1.25. The largest absolute Gasteiger partial charge is 0.0683 e. The maximum atomic E-state index is 2.12. The summed E-state index contributed by atoms with van der Waals surface area (Å²) in [6.07, 6.45) is 2.50. The van der Waals surface area contributed by atoms with Crippen LogP contribution in [0.2, 0.25) is 0 Å². The van der Waals surface area contributed by atoms with E-state index < -0.39 is 0 Å². The van der Waals surface area contributed by atoms with Crippen LogP contribution in [0, 0.1) is 13.8 Å². The highest BCUT2D eigenvalue weighted by Gasteiger charge is 1.72. The van der Waals surface area contributed by atoms with Gasteiger partial charge in [0.1, 0.15) is 0 Å². The molecule has 0 spiro atoms. The number of aryl methyl sites for hydroxylation is 2. The second-order valence-electron chi connectivity index (χ2n) is 4.72. The molecule has 0 N–H and O–H groups in total. The maximum absolute atomic E-state index is 2.12. The summed E-state index contributed by atoms with van der Waals surface area (Å²) in [5.41, 5.74) is 2.64. The lowest BCUT2D eigenvalue weighted by molar-refractivity contribution is 1.09. The normalized spacial score (nSPS) is 6.50. The van der Waals surface area contributed by atoms with E-state index in [9.17, 15) is 0 Å². The molecule has 0 aliphatic heterocycles. The summed E-state index contributed by atoms with van der Waals surface area (Å²) in [6, 6.07) is 20.5. The molecular formula is C28H56. The monoisotopic (exact) mass is 392 g/mol. The molecule has 0 unspecified atom stereocenters. The first-order valence-corrected chi connectivity index (χ1v) is 11.6. The van der Waals surface area contributed by atoms with Crippen molar-refractivity contribution in [2.24, 2.45) is 0 Å². The third-order valence-electron chi connectivity index (χ3n) is 1.88. The summed E-state index contributed by atoms with van der Waals surface area (Å²) < 4.78 is 0. The molecule has 0 heterocycles. The maximum Gasteiger partial charge on any atom is -0.0398 e. The molecule has 0 saturated heterocycles. The van der Waals surface area contributed by atoms with E-state index in [0.29, 0.717) is 0 Å². The van der Waals surface area contributed by atoms with Crippen LogP contribution >= 0.6 is 0 Å². The quantitative estimate of drug-likeness (QED) is 0.418. The summed E-state index contributed by atoms with van der Waals surface area (Å²) in [5, 5.41) is 0. The topological polar surface area (TPSA) is 0 Å². The van der Waals surface area contributed by atoms with E-state index in [1.54, 1.807) is 0 Å². The molecular weight excluding hydrogens is 336 g/mol. The molecule has 0 saturated carbocycles. The van der Waals surface area contributed by atoms with Gasteiger partial charge in [-0.15, -0.1) is 0 Å². The van der Waals surface area contributed by atoms with Crippen molar-refractivity contribution in [2.45, 2.75) is 110 Å². The average molecular weight is 393 g/mol. The number of benzene rings is 2. The molecule has 0 aliphatic rings. The Balaban J connectivity index is -0.0000000539. The summed E-state index contributed by atoms with van der Waals surface area (Å²) in [6.45, 7) is 28.7. The summed E-state index contributed by atoms with van der Waals surface area (Å²) in [7, 11) is 0. The molecule has 0 aromatic heterocycles. The van der Waals surface area contributed by atoms with Crippen LogP contribution in [-0.2, 0) is 0 Å². The fourth-order valence-corrected chi connectivity index (χ4v) is 1.07. The fraction of sp³-hybridized carbons (Fsp3) is 0.571. The van der Waals surface area contributed by atoms with Gasteiger partial charge in [0.15, 0.2) is 0 Å². The molecule has 28 heavy (non-hydrogen) atoms. The van der Waals surface area contributed by atoms with Gasteiger partial charge in [0.25, 0.3) is 0 Å². The van der Waals surface area contributed by atoms with Gasteiger partial charge in [-0.05, 0) is 13.8 Å². The zero-order valence-electron chi connectivity index (χ0n) is 22.2. The molecule has 2 aromatic rings. The molecule has 0 nitrogen and oxygen atoms in total. The molecule has 2 rings (SSSR count). The average Bonchev–Trinajstić information content (AvgIpc) is 2.77. The van der Waals surface area contributed by atoms with Crippen LogP contribution in [-0.4, -0.2) is 0 Å². The molecule has 0 heteroatoms. The highest BCUT2D eigenvalue weighted by atomic mass is 13.8. The van der Waals surface area contributed by atoms with Gasteiger partial charge in [-0.1, -0.05) is 168 Å². The van der Waals surface area contributed by atoms with Crippen molar-refractivity contribution in [3.8, 4) is 0 Å². The minimum atomic E-state index is 1.25. The highest BCUT2D eigenvalue weighted by Crippen LogP contribution is 1.92. The molecule has 0 aliphatic carbocycles. The molecule has 0 radical (unpaired) electrons. The minimum Gasteiger partial charge on any atom is -0.0683 e. The lowest BCUT2D eigenvalue weighted by Gasteiger charge is -1.82. The Kier molecular flexibility index (Phi) is 82.2. The molecule has 0 atom stereocenters. The Morgan fingerprint density at radius 1 is 0.393 bits per heavy atom. The van der Waals surface area contributed by atoms with Crippen LogP contribution in [0.25, 0.3) is 0 Å². The lowest BCUT2D eigenvalue weighted by atomic mass is 10.2. The van der Waals surface area contributed by atoms with E-state index in [1.165, 1.54) is 24.0 Å².